The number of nitrogens with zero attached hydrogens (tertiary/aromatic N) is 2. The highest BCUT2D eigenvalue weighted by Gasteiger charge is 2.22. The summed E-state index contributed by atoms with van der Waals surface area (Å²) in [5, 5.41) is 0. The molecule has 0 spiro atoms. The number of Topliss-reactive ketones (excluding diaryl/α,β-unsaturated/α-hetero) is 1. The number of ketones is 1. The Morgan fingerprint density at radius 3 is 2.07 bits per heavy atom. The number of carbonyl (C=O) groups excluding carboxylic acids is 1. The van der Waals surface area contributed by atoms with Gasteiger partial charge >= 0.3 is 0 Å². The Hall–Kier alpha value is -3.40. The van der Waals surface area contributed by atoms with Crippen LogP contribution in [-0.2, 0) is 16.0 Å². The molecule has 2 N–H and O–H groups in total. The molecule has 0 amide bonds. The van der Waals surface area contributed by atoms with Crippen LogP contribution in [0.15, 0.2) is 106 Å². The van der Waals surface area contributed by atoms with Crippen LogP contribution in [0.2, 0.25) is 0 Å². The Kier molecular flexibility index (Phi) is 11.9. The topological polar surface area (TPSA) is 79.4 Å². The lowest BCUT2D eigenvalue weighted by molar-refractivity contribution is 0.0489. The van der Waals surface area contributed by atoms with E-state index in [4.69, 9.17) is 20.2 Å². The van der Waals surface area contributed by atoms with Crippen molar-refractivity contribution < 1.29 is 14.3 Å². The van der Waals surface area contributed by atoms with Gasteiger partial charge in [-0.25, -0.2) is 4.98 Å². The highest BCUT2D eigenvalue weighted by atomic mass is 79.9. The molecule has 1 heterocycles. The van der Waals surface area contributed by atoms with Crippen molar-refractivity contribution >= 4 is 37.6 Å². The zero-order valence-corrected chi connectivity index (χ0v) is 28.5. The van der Waals surface area contributed by atoms with Gasteiger partial charge in [-0.05, 0) is 49.2 Å². The monoisotopic (exact) mass is 729 g/mol. The number of nitrogens with two attached hydrogens (primary N) is 1. The molecule has 6 nitrogen and oxygen atoms in total. The molecule has 45 heavy (non-hydrogen) atoms. The minimum Gasteiger partial charge on any atom is -0.379 e. The second-order valence-electron chi connectivity index (χ2n) is 10.8. The van der Waals surface area contributed by atoms with E-state index >= 15 is 0 Å². The maximum absolute atomic E-state index is 12.9. The molecule has 1 aromatic heterocycles. The summed E-state index contributed by atoms with van der Waals surface area (Å²) < 4.78 is 15.2. The molecule has 5 aromatic rings. The fourth-order valence-electron chi connectivity index (χ4n) is 5.18. The van der Waals surface area contributed by atoms with Gasteiger partial charge in [-0.1, -0.05) is 104 Å². The van der Waals surface area contributed by atoms with Gasteiger partial charge in [0.1, 0.15) is 5.82 Å². The lowest BCUT2D eigenvalue weighted by atomic mass is 10.0. The van der Waals surface area contributed by atoms with Crippen LogP contribution in [0.4, 0.5) is 0 Å². The van der Waals surface area contributed by atoms with Crippen LogP contribution in [0.3, 0.4) is 0 Å². The second-order valence-corrected chi connectivity index (χ2v) is 12.7. The van der Waals surface area contributed by atoms with E-state index < -0.39 is 0 Å². The van der Waals surface area contributed by atoms with Gasteiger partial charge in [0.05, 0.1) is 31.2 Å². The number of hydrogen-bond donors (Lipinski definition) is 1. The van der Waals surface area contributed by atoms with Gasteiger partial charge in [0.15, 0.2) is 5.78 Å². The van der Waals surface area contributed by atoms with Gasteiger partial charge in [-0.15, -0.1) is 0 Å². The van der Waals surface area contributed by atoms with Gasteiger partial charge in [-0.3, -0.25) is 4.79 Å². The number of imidazole rings is 1. The molecule has 4 aromatic carbocycles. The van der Waals surface area contributed by atoms with Crippen molar-refractivity contribution in [3.8, 4) is 33.9 Å². The molecule has 0 aliphatic heterocycles. The highest BCUT2D eigenvalue weighted by Crippen LogP contribution is 2.38. The molecule has 0 atom stereocenters. The first-order chi connectivity index (χ1) is 21.9. The maximum atomic E-state index is 12.9. The Bertz CT molecular complexity index is 1700. The van der Waals surface area contributed by atoms with Crippen LogP contribution in [-0.4, -0.2) is 48.3 Å². The Labute approximate surface area is 281 Å². The van der Waals surface area contributed by atoms with E-state index in [9.17, 15) is 4.79 Å². The number of halogens is 2. The van der Waals surface area contributed by atoms with Crippen molar-refractivity contribution in [2.45, 2.75) is 26.3 Å². The molecule has 0 aliphatic carbocycles. The summed E-state index contributed by atoms with van der Waals surface area (Å²) in [5.74, 6) is 1.00. The molecule has 0 fully saturated rings. The van der Waals surface area contributed by atoms with Gasteiger partial charge in [0, 0.05) is 57.3 Å². The number of benzene rings is 4. The number of aromatic nitrogens is 2. The van der Waals surface area contributed by atoms with Gasteiger partial charge < -0.3 is 19.8 Å². The predicted molar refractivity (Wildman–Crippen MR) is 188 cm³/mol. The Morgan fingerprint density at radius 1 is 0.778 bits per heavy atom. The summed E-state index contributed by atoms with van der Waals surface area (Å²) in [6, 6.07) is 33.1. The quantitative estimate of drug-likeness (QED) is 0.0861. The van der Waals surface area contributed by atoms with Gasteiger partial charge in [0.25, 0.3) is 0 Å². The number of hydrogen-bond acceptors (Lipinski definition) is 5. The molecule has 8 heteroatoms. The molecule has 0 aliphatic rings. The van der Waals surface area contributed by atoms with Crippen molar-refractivity contribution in [3.63, 3.8) is 0 Å². The second kappa shape index (κ2) is 16.2. The molecule has 0 radical (unpaired) electrons. The van der Waals surface area contributed by atoms with E-state index in [0.29, 0.717) is 57.9 Å². The van der Waals surface area contributed by atoms with Crippen LogP contribution in [0, 0.1) is 6.92 Å². The van der Waals surface area contributed by atoms with Crippen molar-refractivity contribution in [2.75, 3.05) is 33.0 Å². The summed E-state index contributed by atoms with van der Waals surface area (Å²) in [6.45, 7) is 5.27. The third kappa shape index (κ3) is 8.87. The lowest BCUT2D eigenvalue weighted by Gasteiger charge is -2.15. The minimum atomic E-state index is 0.112. The smallest absolute Gasteiger partial charge is 0.162 e. The lowest BCUT2D eigenvalue weighted by Crippen LogP contribution is -2.12. The molecule has 5 rings (SSSR count). The van der Waals surface area contributed by atoms with E-state index in [2.05, 4.69) is 104 Å². The van der Waals surface area contributed by atoms with Crippen molar-refractivity contribution in [3.05, 3.63) is 123 Å². The van der Waals surface area contributed by atoms with Crippen molar-refractivity contribution in [1.29, 1.82) is 0 Å². The molecule has 0 saturated carbocycles. The summed E-state index contributed by atoms with van der Waals surface area (Å²) >= 11 is 7.17. The van der Waals surface area contributed by atoms with Gasteiger partial charge in [0.2, 0.25) is 0 Å². The Balaban J connectivity index is 1.43. The number of rotatable bonds is 15. The molecule has 232 valence electrons. The van der Waals surface area contributed by atoms with Crippen LogP contribution in [0.25, 0.3) is 33.9 Å². The highest BCUT2D eigenvalue weighted by molar-refractivity contribution is 9.10. The predicted octanol–water partition coefficient (Wildman–Crippen LogP) is 8.72. The summed E-state index contributed by atoms with van der Waals surface area (Å²) in [5.41, 5.74) is 13.5. The average Bonchev–Trinajstić information content (AvgIpc) is 3.42. The molecule has 0 bridgehead atoms. The first-order valence-corrected chi connectivity index (χ1v) is 16.7. The number of carbonyl (C=O) groups is 1. The van der Waals surface area contributed by atoms with Crippen LogP contribution in [0.1, 0.15) is 34.3 Å². The van der Waals surface area contributed by atoms with E-state index in [1.807, 2.05) is 36.4 Å². The number of ether oxygens (including phenoxy) is 2. The van der Waals surface area contributed by atoms with E-state index in [1.165, 1.54) is 5.56 Å². The zero-order chi connectivity index (χ0) is 31.6. The molecule has 0 saturated heterocycles. The van der Waals surface area contributed by atoms with E-state index in [0.717, 1.165) is 48.4 Å². The Morgan fingerprint density at radius 2 is 1.42 bits per heavy atom. The van der Waals surface area contributed by atoms with Crippen molar-refractivity contribution in [2.24, 2.45) is 5.73 Å². The molecular weight excluding hydrogens is 694 g/mol. The normalized spacial score (nSPS) is 11.2. The summed E-state index contributed by atoms with van der Waals surface area (Å²) in [4.78, 5) is 18.2. The minimum absolute atomic E-state index is 0.112. The zero-order valence-electron chi connectivity index (χ0n) is 25.3. The maximum Gasteiger partial charge on any atom is 0.162 e. The number of aryl methyl sites for hydroxylation is 1. The average molecular weight is 732 g/mol. The van der Waals surface area contributed by atoms with Crippen LogP contribution in [0.5, 0.6) is 0 Å². The summed E-state index contributed by atoms with van der Waals surface area (Å²) in [6.07, 6.45) is 1.11. The first-order valence-electron chi connectivity index (χ1n) is 15.1. The fourth-order valence-corrected chi connectivity index (χ4v) is 5.71. The van der Waals surface area contributed by atoms with Crippen molar-refractivity contribution in [1.82, 2.24) is 9.55 Å². The largest absolute Gasteiger partial charge is 0.379 e. The SMILES string of the molecule is Cc1cccc(-c2nc(-c3ccc(Br)cc3)c(-c3ccc(Br)cc3)n2Cc2ccc(C(=O)CCCOCCOCCN)cc2)c1. The third-order valence-corrected chi connectivity index (χ3v) is 8.48. The van der Waals surface area contributed by atoms with E-state index in [-0.39, 0.29) is 5.78 Å². The fraction of sp³-hybridized carbons (Fsp3) is 0.243. The van der Waals surface area contributed by atoms with E-state index in [1.54, 1.807) is 0 Å². The van der Waals surface area contributed by atoms with Crippen LogP contribution >= 0.6 is 31.9 Å². The third-order valence-electron chi connectivity index (χ3n) is 7.42. The standard InChI is InChI=1S/C37H37Br2N3O3/c1-26-4-2-5-31(24-26)37-41-35(29-11-15-32(38)16-12-29)36(30-13-17-33(39)18-14-30)42(37)25-27-7-9-28(10-8-27)34(43)6-3-20-44-22-23-45-21-19-40/h2,4-5,7-18,24H,3,6,19-23,25,40H2,1H3. The summed E-state index contributed by atoms with van der Waals surface area (Å²) in [7, 11) is 0. The first kappa shape index (κ1) is 33.0. The molecular formula is C37H37Br2N3O3. The van der Waals surface area contributed by atoms with Crippen LogP contribution < -0.4 is 5.73 Å². The van der Waals surface area contributed by atoms with Gasteiger partial charge in [-0.2, -0.15) is 0 Å². The molecule has 0 unspecified atom stereocenters.